The Morgan fingerprint density at radius 2 is 2.33 bits per heavy atom. The Morgan fingerprint density at radius 1 is 1.48 bits per heavy atom. The molecule has 0 radical (unpaired) electrons. The topological polar surface area (TPSA) is 68.0 Å². The van der Waals surface area contributed by atoms with E-state index in [1.165, 1.54) is 0 Å². The smallest absolute Gasteiger partial charge is 0.270 e. The van der Waals surface area contributed by atoms with Crippen LogP contribution >= 0.6 is 11.6 Å². The number of nitrogens with zero attached hydrogens (tertiary/aromatic N) is 3. The number of likely N-dealkylation sites (N-methyl/N-ethyl adjacent to an activating group) is 1. The van der Waals surface area contributed by atoms with Crippen LogP contribution in [0.3, 0.4) is 0 Å². The second-order valence-electron chi connectivity index (χ2n) is 5.10. The summed E-state index contributed by atoms with van der Waals surface area (Å²) in [6, 6.07) is 1.77. The summed E-state index contributed by atoms with van der Waals surface area (Å²) < 4.78 is 0. The van der Waals surface area contributed by atoms with Crippen LogP contribution in [0.5, 0.6) is 0 Å². The molecule has 7 heteroatoms. The largest absolute Gasteiger partial charge is 0.356 e. The summed E-state index contributed by atoms with van der Waals surface area (Å²) in [6.07, 6.45) is 5.18. The van der Waals surface area contributed by atoms with Crippen molar-refractivity contribution < 1.29 is 4.79 Å². The summed E-state index contributed by atoms with van der Waals surface area (Å²) >= 11 is 5.87. The monoisotopic (exact) mass is 307 g/mol. The Labute approximate surface area is 128 Å². The van der Waals surface area contributed by atoms with Crippen LogP contribution < -0.4 is 0 Å². The van der Waals surface area contributed by atoms with Crippen molar-refractivity contribution in [2.45, 2.75) is 13.0 Å². The van der Waals surface area contributed by atoms with E-state index in [0.717, 1.165) is 18.9 Å². The minimum absolute atomic E-state index is 0.0193. The third-order valence-electron chi connectivity index (χ3n) is 3.90. The van der Waals surface area contributed by atoms with Gasteiger partial charge in [0, 0.05) is 38.2 Å². The first-order chi connectivity index (χ1) is 10.2. The molecule has 21 heavy (non-hydrogen) atoms. The maximum atomic E-state index is 12.5. The van der Waals surface area contributed by atoms with Crippen LogP contribution in [0.25, 0.3) is 0 Å². The Morgan fingerprint density at radius 3 is 2.95 bits per heavy atom. The zero-order valence-corrected chi connectivity index (χ0v) is 12.6. The number of hydrogen-bond donors (Lipinski definition) is 2. The highest BCUT2D eigenvalue weighted by molar-refractivity contribution is 6.30. The van der Waals surface area contributed by atoms with Gasteiger partial charge in [-0.2, -0.15) is 0 Å². The fraction of sp³-hybridized carbons (Fsp3) is 0.429. The molecule has 2 aromatic heterocycles. The molecule has 1 amide bonds. The van der Waals surface area contributed by atoms with Crippen LogP contribution in [0, 0.1) is 0 Å². The highest BCUT2D eigenvalue weighted by Gasteiger charge is 2.31. The van der Waals surface area contributed by atoms with Gasteiger partial charge in [-0.3, -0.25) is 9.69 Å². The third-order valence-corrected chi connectivity index (χ3v) is 4.12. The summed E-state index contributed by atoms with van der Waals surface area (Å²) in [5, 5.41) is 0.549. The Balaban J connectivity index is 1.78. The number of hydrogen-bond acceptors (Lipinski definition) is 3. The van der Waals surface area contributed by atoms with E-state index in [1.807, 2.05) is 11.1 Å². The van der Waals surface area contributed by atoms with Gasteiger partial charge in [-0.25, -0.2) is 4.98 Å². The predicted octanol–water partition coefficient (Wildman–Crippen LogP) is 1.91. The summed E-state index contributed by atoms with van der Waals surface area (Å²) in [4.78, 5) is 27.1. The zero-order chi connectivity index (χ0) is 14.8. The lowest BCUT2D eigenvalue weighted by Gasteiger charge is -2.39. The lowest BCUT2D eigenvalue weighted by atomic mass is 10.1. The number of imidazole rings is 1. The number of H-pyrrole nitrogens is 2. The molecule has 1 atom stereocenters. The Kier molecular flexibility index (Phi) is 3.98. The highest BCUT2D eigenvalue weighted by Crippen LogP contribution is 2.23. The lowest BCUT2D eigenvalue weighted by molar-refractivity contribution is 0.0475. The predicted molar refractivity (Wildman–Crippen MR) is 80.3 cm³/mol. The summed E-state index contributed by atoms with van der Waals surface area (Å²) in [5.41, 5.74) is 0.531. The first-order valence-corrected chi connectivity index (χ1v) is 7.43. The maximum Gasteiger partial charge on any atom is 0.270 e. The van der Waals surface area contributed by atoms with E-state index in [0.29, 0.717) is 23.8 Å². The average Bonchev–Trinajstić information content (AvgIpc) is 3.17. The lowest BCUT2D eigenvalue weighted by Crippen LogP contribution is -2.50. The van der Waals surface area contributed by atoms with E-state index in [-0.39, 0.29) is 11.9 Å². The molecule has 0 aromatic carbocycles. The van der Waals surface area contributed by atoms with Gasteiger partial charge in [0.15, 0.2) is 0 Å². The Hall–Kier alpha value is -1.79. The van der Waals surface area contributed by atoms with Crippen molar-refractivity contribution in [3.05, 3.63) is 41.2 Å². The number of nitrogens with one attached hydrogen (secondary N) is 2. The molecule has 2 aromatic rings. The molecule has 2 N–H and O–H groups in total. The van der Waals surface area contributed by atoms with Crippen molar-refractivity contribution >= 4 is 17.5 Å². The van der Waals surface area contributed by atoms with Gasteiger partial charge in [-0.05, 0) is 12.6 Å². The molecule has 0 aliphatic carbocycles. The van der Waals surface area contributed by atoms with Gasteiger partial charge in [0.1, 0.15) is 11.5 Å². The van der Waals surface area contributed by atoms with E-state index in [2.05, 4.69) is 26.8 Å². The van der Waals surface area contributed by atoms with Crippen LogP contribution in [-0.2, 0) is 0 Å². The molecule has 112 valence electrons. The van der Waals surface area contributed by atoms with E-state index >= 15 is 0 Å². The molecule has 3 heterocycles. The average molecular weight is 308 g/mol. The van der Waals surface area contributed by atoms with Gasteiger partial charge in [-0.1, -0.05) is 18.5 Å². The number of halogens is 1. The molecule has 1 fully saturated rings. The van der Waals surface area contributed by atoms with Gasteiger partial charge in [0.25, 0.3) is 5.91 Å². The first kappa shape index (κ1) is 14.2. The number of carbonyl (C=O) groups excluding carboxylic acids is 1. The number of aromatic amines is 2. The van der Waals surface area contributed by atoms with Gasteiger partial charge >= 0.3 is 0 Å². The SMILES string of the molecule is CCN1CCN(C(=O)c2cc(Cl)c[nH]2)CC1c1ncc[nH]1. The van der Waals surface area contributed by atoms with Crippen molar-refractivity contribution in [2.24, 2.45) is 0 Å². The molecule has 0 saturated carbocycles. The van der Waals surface area contributed by atoms with E-state index in [1.54, 1.807) is 18.5 Å². The van der Waals surface area contributed by atoms with Crippen LogP contribution in [-0.4, -0.2) is 56.8 Å². The normalized spacial score (nSPS) is 19.9. The standard InChI is InChI=1S/C14H18ClN5O/c1-2-19-5-6-20(9-12(19)13-16-3-4-17-13)14(21)11-7-10(15)8-18-11/h3-4,7-8,12,18H,2,5-6,9H2,1H3,(H,16,17). The van der Waals surface area contributed by atoms with Crippen molar-refractivity contribution in [3.63, 3.8) is 0 Å². The summed E-state index contributed by atoms with van der Waals surface area (Å²) in [5.74, 6) is 0.882. The first-order valence-electron chi connectivity index (χ1n) is 7.05. The minimum Gasteiger partial charge on any atom is -0.356 e. The quantitative estimate of drug-likeness (QED) is 0.910. The Bertz CT molecular complexity index is 609. The second kappa shape index (κ2) is 5.91. The van der Waals surface area contributed by atoms with Crippen LogP contribution in [0.1, 0.15) is 29.3 Å². The number of rotatable bonds is 3. The molecule has 0 bridgehead atoms. The number of aromatic nitrogens is 3. The third kappa shape index (κ3) is 2.82. The van der Waals surface area contributed by atoms with Gasteiger partial charge in [0.2, 0.25) is 0 Å². The van der Waals surface area contributed by atoms with Crippen LogP contribution in [0.2, 0.25) is 5.02 Å². The number of amides is 1. The van der Waals surface area contributed by atoms with Crippen molar-refractivity contribution in [1.29, 1.82) is 0 Å². The van der Waals surface area contributed by atoms with Gasteiger partial charge < -0.3 is 14.9 Å². The van der Waals surface area contributed by atoms with E-state index in [4.69, 9.17) is 11.6 Å². The number of piperazine rings is 1. The summed E-state index contributed by atoms with van der Waals surface area (Å²) in [7, 11) is 0. The van der Waals surface area contributed by atoms with Crippen molar-refractivity contribution in [2.75, 3.05) is 26.2 Å². The molecule has 1 aliphatic heterocycles. The molecular weight excluding hydrogens is 290 g/mol. The van der Waals surface area contributed by atoms with E-state index < -0.39 is 0 Å². The van der Waals surface area contributed by atoms with Crippen molar-refractivity contribution in [1.82, 2.24) is 24.8 Å². The second-order valence-corrected chi connectivity index (χ2v) is 5.54. The zero-order valence-electron chi connectivity index (χ0n) is 11.8. The van der Waals surface area contributed by atoms with E-state index in [9.17, 15) is 4.79 Å². The summed E-state index contributed by atoms with van der Waals surface area (Å²) in [6.45, 7) is 5.22. The van der Waals surface area contributed by atoms with Gasteiger partial charge in [0.05, 0.1) is 11.1 Å². The fourth-order valence-corrected chi connectivity index (χ4v) is 2.93. The minimum atomic E-state index is -0.0193. The molecule has 6 nitrogen and oxygen atoms in total. The molecule has 1 unspecified atom stereocenters. The van der Waals surface area contributed by atoms with Crippen LogP contribution in [0.15, 0.2) is 24.7 Å². The molecule has 1 saturated heterocycles. The highest BCUT2D eigenvalue weighted by atomic mass is 35.5. The van der Waals surface area contributed by atoms with Gasteiger partial charge in [-0.15, -0.1) is 0 Å². The maximum absolute atomic E-state index is 12.5. The van der Waals surface area contributed by atoms with Crippen molar-refractivity contribution in [3.8, 4) is 0 Å². The van der Waals surface area contributed by atoms with Crippen LogP contribution in [0.4, 0.5) is 0 Å². The molecular formula is C14H18ClN5O. The molecule has 1 aliphatic rings. The molecule has 3 rings (SSSR count). The fourth-order valence-electron chi connectivity index (χ4n) is 2.76. The molecule has 0 spiro atoms. The number of carbonyl (C=O) groups is 1.